The van der Waals surface area contributed by atoms with Crippen molar-refractivity contribution < 1.29 is 19.3 Å². The van der Waals surface area contributed by atoms with Crippen LogP contribution < -0.4 is 14.8 Å². The summed E-state index contributed by atoms with van der Waals surface area (Å²) in [4.78, 5) is 6.32. The van der Waals surface area contributed by atoms with E-state index in [0.29, 0.717) is 18.0 Å². The van der Waals surface area contributed by atoms with Gasteiger partial charge in [0, 0.05) is 38.6 Å². The molecule has 2 aromatic rings. The number of nitrogens with zero attached hydrogens (tertiary/aromatic N) is 2. The minimum atomic E-state index is -0.549. The first-order chi connectivity index (χ1) is 14.2. The van der Waals surface area contributed by atoms with E-state index >= 15 is 0 Å². The molecule has 1 saturated heterocycles. The first-order valence-corrected chi connectivity index (χ1v) is 10.1. The molecule has 0 spiro atoms. The van der Waals surface area contributed by atoms with E-state index in [1.54, 1.807) is 13.3 Å². The Morgan fingerprint density at radius 2 is 2.07 bits per heavy atom. The van der Waals surface area contributed by atoms with Crippen LogP contribution in [0.3, 0.4) is 0 Å². The largest absolute Gasteiger partial charge is 0.493 e. The Hall–Kier alpha value is -2.19. The summed E-state index contributed by atoms with van der Waals surface area (Å²) in [6, 6.07) is 9.93. The molecule has 3 rings (SSSR count). The first-order valence-electron chi connectivity index (χ1n) is 10.1. The van der Waals surface area contributed by atoms with Crippen molar-refractivity contribution in [3.05, 3.63) is 53.9 Å². The van der Waals surface area contributed by atoms with Crippen LogP contribution in [0.4, 0.5) is 0 Å². The van der Waals surface area contributed by atoms with Crippen LogP contribution in [0.2, 0.25) is 0 Å². The van der Waals surface area contributed by atoms with Gasteiger partial charge in [0.15, 0.2) is 11.5 Å². The monoisotopic (exact) mass is 401 g/mol. The second-order valence-corrected chi connectivity index (χ2v) is 7.15. The summed E-state index contributed by atoms with van der Waals surface area (Å²) in [7, 11) is 1.63. The molecule has 7 nitrogen and oxygen atoms in total. The number of hydrogen-bond acceptors (Lipinski definition) is 7. The van der Waals surface area contributed by atoms with Crippen LogP contribution in [0.15, 0.2) is 42.7 Å². The third-order valence-electron chi connectivity index (χ3n) is 4.87. The molecule has 0 radical (unpaired) electrons. The molecule has 1 atom stereocenters. The molecule has 2 heterocycles. The number of rotatable bonds is 11. The van der Waals surface area contributed by atoms with E-state index in [9.17, 15) is 5.11 Å². The number of hydrogen-bond donors (Lipinski definition) is 2. The number of methoxy groups -OCH3 is 1. The fraction of sp³-hybridized carbons (Fsp3) is 0.500. The molecular formula is C22H31N3O4. The van der Waals surface area contributed by atoms with Crippen molar-refractivity contribution >= 4 is 0 Å². The third-order valence-corrected chi connectivity index (χ3v) is 4.87. The average Bonchev–Trinajstić information content (AvgIpc) is 2.77. The maximum Gasteiger partial charge on any atom is 0.161 e. The minimum absolute atomic E-state index is 0.233. The van der Waals surface area contributed by atoms with E-state index in [0.717, 1.165) is 51.4 Å². The minimum Gasteiger partial charge on any atom is -0.493 e. The predicted octanol–water partition coefficient (Wildman–Crippen LogP) is 1.49. The molecule has 1 fully saturated rings. The molecular weight excluding hydrogens is 370 g/mol. The lowest BCUT2D eigenvalue weighted by Crippen LogP contribution is -2.42. The van der Waals surface area contributed by atoms with Crippen LogP contribution in [0, 0.1) is 0 Å². The number of aliphatic hydroxyl groups is 1. The normalized spacial score (nSPS) is 15.8. The molecule has 1 aromatic heterocycles. The second kappa shape index (κ2) is 11.7. The molecule has 0 aliphatic carbocycles. The number of morpholine rings is 1. The zero-order valence-electron chi connectivity index (χ0n) is 17.0. The SMILES string of the molecule is COc1cc(CNCCc2cccnc2)ccc1OC[C@H](O)CN1CCOCC1. The van der Waals surface area contributed by atoms with E-state index in [4.69, 9.17) is 14.2 Å². The maximum absolute atomic E-state index is 10.3. The first kappa shape index (κ1) is 21.5. The zero-order chi connectivity index (χ0) is 20.3. The second-order valence-electron chi connectivity index (χ2n) is 7.15. The number of pyridine rings is 1. The number of β-amino-alcohol motifs (C(OH)–C–C–N with tert-alkyl or cyclic N) is 1. The van der Waals surface area contributed by atoms with E-state index in [1.807, 2.05) is 30.5 Å². The summed E-state index contributed by atoms with van der Waals surface area (Å²) in [5, 5.41) is 13.7. The van der Waals surface area contributed by atoms with Gasteiger partial charge in [0.1, 0.15) is 12.7 Å². The number of ether oxygens (including phenoxy) is 3. The van der Waals surface area contributed by atoms with Gasteiger partial charge in [-0.3, -0.25) is 9.88 Å². The quantitative estimate of drug-likeness (QED) is 0.553. The van der Waals surface area contributed by atoms with Crippen molar-refractivity contribution in [3.8, 4) is 11.5 Å². The van der Waals surface area contributed by atoms with Crippen molar-refractivity contribution in [2.75, 3.05) is 53.1 Å². The Labute approximate surface area is 172 Å². The molecule has 0 saturated carbocycles. The standard InChI is InChI=1S/C22H31N3O4/c1-27-22-13-19(15-24-8-6-18-3-2-7-23-14-18)4-5-21(22)29-17-20(26)16-25-9-11-28-12-10-25/h2-5,7,13-14,20,24,26H,6,8-12,15-17H2,1H3/t20-/m1/s1. The summed E-state index contributed by atoms with van der Waals surface area (Å²) in [5.74, 6) is 1.32. The molecule has 1 aromatic carbocycles. The highest BCUT2D eigenvalue weighted by molar-refractivity contribution is 5.43. The molecule has 29 heavy (non-hydrogen) atoms. The number of benzene rings is 1. The van der Waals surface area contributed by atoms with E-state index in [-0.39, 0.29) is 6.61 Å². The number of aliphatic hydroxyl groups excluding tert-OH is 1. The van der Waals surface area contributed by atoms with Gasteiger partial charge in [0.05, 0.1) is 20.3 Å². The van der Waals surface area contributed by atoms with Gasteiger partial charge in [0.2, 0.25) is 0 Å². The van der Waals surface area contributed by atoms with Gasteiger partial charge in [-0.2, -0.15) is 0 Å². The molecule has 2 N–H and O–H groups in total. The molecule has 1 aliphatic heterocycles. The van der Waals surface area contributed by atoms with Crippen molar-refractivity contribution in [1.29, 1.82) is 0 Å². The van der Waals surface area contributed by atoms with Gasteiger partial charge < -0.3 is 24.6 Å². The molecule has 0 bridgehead atoms. The van der Waals surface area contributed by atoms with Crippen molar-refractivity contribution in [1.82, 2.24) is 15.2 Å². The highest BCUT2D eigenvalue weighted by atomic mass is 16.5. The lowest BCUT2D eigenvalue weighted by molar-refractivity contribution is 0.00445. The smallest absolute Gasteiger partial charge is 0.161 e. The summed E-state index contributed by atoms with van der Waals surface area (Å²) >= 11 is 0. The fourth-order valence-electron chi connectivity index (χ4n) is 3.27. The Morgan fingerprint density at radius 3 is 2.83 bits per heavy atom. The molecule has 158 valence electrons. The van der Waals surface area contributed by atoms with Gasteiger partial charge in [-0.05, 0) is 42.3 Å². The van der Waals surface area contributed by atoms with Crippen LogP contribution in [0.1, 0.15) is 11.1 Å². The van der Waals surface area contributed by atoms with Crippen LogP contribution >= 0.6 is 0 Å². The third kappa shape index (κ3) is 7.29. The van der Waals surface area contributed by atoms with E-state index in [2.05, 4.69) is 21.3 Å². The Morgan fingerprint density at radius 1 is 1.21 bits per heavy atom. The van der Waals surface area contributed by atoms with Crippen LogP contribution in [-0.4, -0.2) is 74.2 Å². The van der Waals surface area contributed by atoms with Gasteiger partial charge in [-0.25, -0.2) is 0 Å². The van der Waals surface area contributed by atoms with Crippen molar-refractivity contribution in [3.63, 3.8) is 0 Å². The Balaban J connectivity index is 1.42. The van der Waals surface area contributed by atoms with Gasteiger partial charge >= 0.3 is 0 Å². The summed E-state index contributed by atoms with van der Waals surface area (Å²) in [5.41, 5.74) is 2.34. The number of nitrogens with one attached hydrogen (secondary N) is 1. The summed E-state index contributed by atoms with van der Waals surface area (Å²) in [6.45, 7) is 5.58. The van der Waals surface area contributed by atoms with E-state index in [1.165, 1.54) is 5.56 Å². The van der Waals surface area contributed by atoms with Crippen molar-refractivity contribution in [2.45, 2.75) is 19.1 Å². The zero-order valence-corrected chi connectivity index (χ0v) is 17.0. The molecule has 0 unspecified atom stereocenters. The summed E-state index contributed by atoms with van der Waals surface area (Å²) < 4.78 is 16.6. The fourth-order valence-corrected chi connectivity index (χ4v) is 3.27. The van der Waals surface area contributed by atoms with Gasteiger partial charge in [-0.15, -0.1) is 0 Å². The highest BCUT2D eigenvalue weighted by Gasteiger charge is 2.16. The van der Waals surface area contributed by atoms with Crippen molar-refractivity contribution in [2.24, 2.45) is 0 Å². The van der Waals surface area contributed by atoms with Gasteiger partial charge in [-0.1, -0.05) is 12.1 Å². The van der Waals surface area contributed by atoms with Crippen LogP contribution in [0.5, 0.6) is 11.5 Å². The number of aromatic nitrogens is 1. The lowest BCUT2D eigenvalue weighted by atomic mass is 10.2. The van der Waals surface area contributed by atoms with E-state index < -0.39 is 6.10 Å². The molecule has 1 aliphatic rings. The lowest BCUT2D eigenvalue weighted by Gasteiger charge is -2.28. The Kier molecular flexibility index (Phi) is 8.70. The molecule has 0 amide bonds. The maximum atomic E-state index is 10.3. The molecule has 7 heteroatoms. The topological polar surface area (TPSA) is 76.1 Å². The average molecular weight is 402 g/mol. The predicted molar refractivity (Wildman–Crippen MR) is 111 cm³/mol. The Bertz CT molecular complexity index is 723. The van der Waals surface area contributed by atoms with Crippen LogP contribution in [0.25, 0.3) is 0 Å². The van der Waals surface area contributed by atoms with Gasteiger partial charge in [0.25, 0.3) is 0 Å². The summed E-state index contributed by atoms with van der Waals surface area (Å²) in [6.07, 6.45) is 4.07. The highest BCUT2D eigenvalue weighted by Crippen LogP contribution is 2.28. The van der Waals surface area contributed by atoms with Crippen LogP contribution in [-0.2, 0) is 17.7 Å².